The van der Waals surface area contributed by atoms with Crippen molar-refractivity contribution in [3.8, 4) is 11.4 Å². The summed E-state index contributed by atoms with van der Waals surface area (Å²) in [5.74, 6) is 0.567. The number of aromatic nitrogens is 2. The Hall–Kier alpha value is -4.04. The second kappa shape index (κ2) is 11.1. The Morgan fingerprint density at radius 2 is 1.74 bits per heavy atom. The molecule has 0 saturated carbocycles. The number of para-hydroxylation sites is 2. The lowest BCUT2D eigenvalue weighted by atomic mass is 10.0. The van der Waals surface area contributed by atoms with E-state index in [1.165, 1.54) is 11.8 Å². The van der Waals surface area contributed by atoms with Gasteiger partial charge in [-0.2, -0.15) is 5.10 Å². The van der Waals surface area contributed by atoms with Gasteiger partial charge in [-0.1, -0.05) is 78.0 Å². The third-order valence-electron chi connectivity index (χ3n) is 6.67. The lowest BCUT2D eigenvalue weighted by Gasteiger charge is -2.30. The van der Waals surface area contributed by atoms with E-state index in [1.54, 1.807) is 12.0 Å². The normalized spacial score (nSPS) is 15.1. The Morgan fingerprint density at radius 1 is 1.03 bits per heavy atom. The quantitative estimate of drug-likeness (QED) is 0.367. The Bertz CT molecular complexity index is 1450. The molecule has 0 aliphatic carbocycles. The smallest absolute Gasteiger partial charge is 0.247 e. The van der Waals surface area contributed by atoms with Gasteiger partial charge in [0.25, 0.3) is 0 Å². The molecule has 1 aliphatic heterocycles. The topological polar surface area (TPSA) is 76.5 Å². The summed E-state index contributed by atoms with van der Waals surface area (Å²) in [6, 6.07) is 24.6. The molecule has 1 atom stereocenters. The third kappa shape index (κ3) is 5.17. The maximum absolute atomic E-state index is 14.0. The number of fused-ring (bicyclic) bond motifs is 1. The van der Waals surface area contributed by atoms with Gasteiger partial charge in [0.05, 0.1) is 24.2 Å². The van der Waals surface area contributed by atoms with Crippen LogP contribution >= 0.6 is 11.8 Å². The van der Waals surface area contributed by atoms with Gasteiger partial charge in [0, 0.05) is 24.2 Å². The van der Waals surface area contributed by atoms with Gasteiger partial charge in [-0.3, -0.25) is 9.59 Å². The summed E-state index contributed by atoms with van der Waals surface area (Å²) in [5, 5.41) is 8.70. The summed E-state index contributed by atoms with van der Waals surface area (Å²) in [6.07, 6.45) is 0. The molecule has 3 aromatic carbocycles. The number of aryl methyl sites for hydroxylation is 2. The summed E-state index contributed by atoms with van der Waals surface area (Å²) < 4.78 is 7.31. The van der Waals surface area contributed by atoms with Gasteiger partial charge >= 0.3 is 0 Å². The molecule has 0 saturated heterocycles. The van der Waals surface area contributed by atoms with E-state index in [0.717, 1.165) is 38.7 Å². The van der Waals surface area contributed by atoms with Gasteiger partial charge in [0.1, 0.15) is 16.8 Å². The van der Waals surface area contributed by atoms with Crippen molar-refractivity contribution in [2.45, 2.75) is 38.0 Å². The largest absolute Gasteiger partial charge is 0.496 e. The van der Waals surface area contributed by atoms with Crippen LogP contribution in [0.4, 0.5) is 0 Å². The van der Waals surface area contributed by atoms with Gasteiger partial charge in [-0.05, 0) is 37.6 Å². The average molecular weight is 527 g/mol. The fourth-order valence-corrected chi connectivity index (χ4v) is 5.81. The number of thioether (sulfide) groups is 1. The van der Waals surface area contributed by atoms with E-state index in [0.29, 0.717) is 12.3 Å². The maximum Gasteiger partial charge on any atom is 0.247 e. The van der Waals surface area contributed by atoms with Crippen molar-refractivity contribution in [2.24, 2.45) is 0 Å². The van der Waals surface area contributed by atoms with E-state index in [1.807, 2.05) is 97.4 Å². The first kappa shape index (κ1) is 25.6. The van der Waals surface area contributed by atoms with Crippen LogP contribution in [-0.2, 0) is 22.7 Å². The molecule has 1 N–H and O–H groups in total. The van der Waals surface area contributed by atoms with Crippen LogP contribution in [0.15, 0.2) is 83.9 Å². The number of rotatable bonds is 7. The van der Waals surface area contributed by atoms with Crippen molar-refractivity contribution in [1.29, 1.82) is 0 Å². The SMILES string of the molecule is COc1ccccc1CNC(=O)[C@H]1c2c(C)nn(-c3ccccc3)c2SCC(=O)N1Cc1ccc(C)cc1. The number of amides is 2. The molecule has 1 aromatic heterocycles. The zero-order valence-electron chi connectivity index (χ0n) is 21.7. The number of hydrogen-bond acceptors (Lipinski definition) is 5. The maximum atomic E-state index is 14.0. The first-order valence-electron chi connectivity index (χ1n) is 12.5. The monoisotopic (exact) mass is 526 g/mol. The molecule has 0 unspecified atom stereocenters. The van der Waals surface area contributed by atoms with Crippen LogP contribution < -0.4 is 10.1 Å². The second-order valence-electron chi connectivity index (χ2n) is 9.28. The number of methoxy groups -OCH3 is 1. The lowest BCUT2D eigenvalue weighted by Crippen LogP contribution is -2.43. The summed E-state index contributed by atoms with van der Waals surface area (Å²) in [6.45, 7) is 4.53. The van der Waals surface area contributed by atoms with Crippen LogP contribution in [0, 0.1) is 13.8 Å². The number of nitrogens with one attached hydrogen (secondary N) is 1. The molecule has 7 nitrogen and oxygen atoms in total. The standard InChI is InChI=1S/C30H30N4O3S/c1-20-13-15-22(16-14-20)18-33-26(35)19-38-30-27(21(2)32-34(30)24-10-5-4-6-11-24)28(33)29(36)31-17-23-9-7-8-12-25(23)37-3/h4-16,28H,17-19H2,1-3H3,(H,31,36)/t28-/m1/s1. The van der Waals surface area contributed by atoms with Gasteiger partial charge in [-0.25, -0.2) is 4.68 Å². The molecule has 0 fully saturated rings. The Morgan fingerprint density at radius 3 is 2.47 bits per heavy atom. The molecular weight excluding hydrogens is 496 g/mol. The number of carbonyl (C=O) groups excluding carboxylic acids is 2. The highest BCUT2D eigenvalue weighted by Gasteiger charge is 2.39. The summed E-state index contributed by atoms with van der Waals surface area (Å²) >= 11 is 1.43. The van der Waals surface area contributed by atoms with E-state index in [4.69, 9.17) is 9.84 Å². The van der Waals surface area contributed by atoms with Crippen molar-refractivity contribution in [1.82, 2.24) is 20.0 Å². The van der Waals surface area contributed by atoms with Crippen molar-refractivity contribution in [3.05, 3.63) is 107 Å². The fraction of sp³-hybridized carbons (Fsp3) is 0.233. The molecule has 8 heteroatoms. The van der Waals surface area contributed by atoms with Crippen molar-refractivity contribution in [3.63, 3.8) is 0 Å². The minimum absolute atomic E-state index is 0.0942. The predicted octanol–water partition coefficient (Wildman–Crippen LogP) is 4.99. The molecule has 2 heterocycles. The first-order valence-corrected chi connectivity index (χ1v) is 13.5. The predicted molar refractivity (Wildman–Crippen MR) is 148 cm³/mol. The molecule has 0 radical (unpaired) electrons. The molecule has 194 valence electrons. The molecule has 0 bridgehead atoms. The van der Waals surface area contributed by atoms with E-state index < -0.39 is 6.04 Å². The summed E-state index contributed by atoms with van der Waals surface area (Å²) in [4.78, 5) is 29.3. The zero-order valence-corrected chi connectivity index (χ0v) is 22.5. The number of benzene rings is 3. The van der Waals surface area contributed by atoms with Crippen molar-refractivity contribution < 1.29 is 14.3 Å². The number of ether oxygens (including phenoxy) is 1. The van der Waals surface area contributed by atoms with E-state index in [2.05, 4.69) is 5.32 Å². The van der Waals surface area contributed by atoms with Crippen LogP contribution in [-0.4, -0.2) is 39.4 Å². The minimum Gasteiger partial charge on any atom is -0.496 e. The van der Waals surface area contributed by atoms with Gasteiger partial charge in [0.2, 0.25) is 11.8 Å². The number of carbonyl (C=O) groups is 2. The molecule has 2 amide bonds. The Balaban J connectivity index is 1.56. The van der Waals surface area contributed by atoms with Crippen LogP contribution in [0.3, 0.4) is 0 Å². The van der Waals surface area contributed by atoms with Gasteiger partial charge in [0.15, 0.2) is 0 Å². The van der Waals surface area contributed by atoms with Gasteiger partial charge in [-0.15, -0.1) is 0 Å². The van der Waals surface area contributed by atoms with Crippen LogP contribution in [0.25, 0.3) is 5.69 Å². The van der Waals surface area contributed by atoms with E-state index >= 15 is 0 Å². The highest BCUT2D eigenvalue weighted by Crippen LogP contribution is 2.39. The van der Waals surface area contributed by atoms with E-state index in [-0.39, 0.29) is 24.1 Å². The van der Waals surface area contributed by atoms with E-state index in [9.17, 15) is 9.59 Å². The molecule has 4 aromatic rings. The van der Waals surface area contributed by atoms with Crippen LogP contribution in [0.1, 0.15) is 34.0 Å². The first-order chi connectivity index (χ1) is 18.5. The minimum atomic E-state index is -0.832. The molecule has 1 aliphatic rings. The molecule has 5 rings (SSSR count). The second-order valence-corrected chi connectivity index (χ2v) is 10.2. The lowest BCUT2D eigenvalue weighted by molar-refractivity contribution is -0.139. The number of nitrogens with zero attached hydrogens (tertiary/aromatic N) is 3. The average Bonchev–Trinajstić information content (AvgIpc) is 3.19. The third-order valence-corrected chi connectivity index (χ3v) is 7.73. The van der Waals surface area contributed by atoms with Crippen molar-refractivity contribution >= 4 is 23.6 Å². The Labute approximate surface area is 226 Å². The number of hydrogen-bond donors (Lipinski definition) is 1. The van der Waals surface area contributed by atoms with Gasteiger partial charge < -0.3 is 15.0 Å². The van der Waals surface area contributed by atoms with Crippen LogP contribution in [0.5, 0.6) is 5.75 Å². The van der Waals surface area contributed by atoms with Crippen molar-refractivity contribution in [2.75, 3.05) is 12.9 Å². The molecular formula is C30H30N4O3S. The molecule has 38 heavy (non-hydrogen) atoms. The highest BCUT2D eigenvalue weighted by molar-refractivity contribution is 8.00. The zero-order chi connectivity index (χ0) is 26.6. The highest BCUT2D eigenvalue weighted by atomic mass is 32.2. The molecule has 0 spiro atoms. The summed E-state index contributed by atoms with van der Waals surface area (Å²) in [7, 11) is 1.61. The van der Waals surface area contributed by atoms with Crippen LogP contribution in [0.2, 0.25) is 0 Å². The summed E-state index contributed by atoms with van der Waals surface area (Å²) in [5.41, 5.74) is 5.33. The fourth-order valence-electron chi connectivity index (χ4n) is 4.70. The Kier molecular flexibility index (Phi) is 7.51.